The monoisotopic (exact) mass is 172 g/mol. The molecule has 0 aliphatic heterocycles. The number of methoxy groups -OCH3 is 1. The van der Waals surface area contributed by atoms with Crippen molar-refractivity contribution in [1.82, 2.24) is 9.55 Å². The van der Waals surface area contributed by atoms with Crippen molar-refractivity contribution in [2.45, 2.75) is 6.54 Å². The molecule has 0 spiro atoms. The van der Waals surface area contributed by atoms with E-state index in [-0.39, 0.29) is 12.5 Å². The van der Waals surface area contributed by atoms with Gasteiger partial charge in [-0.2, -0.15) is 0 Å². The van der Waals surface area contributed by atoms with Crippen LogP contribution in [0.4, 0.5) is 0 Å². The Morgan fingerprint density at radius 1 is 1.91 bits per heavy atom. The van der Waals surface area contributed by atoms with Crippen LogP contribution < -0.4 is 0 Å². The van der Waals surface area contributed by atoms with Gasteiger partial charge in [-0.3, -0.25) is 4.79 Å². The number of nitrogens with zero attached hydrogens (tertiary/aromatic N) is 1. The largest absolute Gasteiger partial charge is 0.468 e. The van der Waals surface area contributed by atoms with E-state index in [9.17, 15) is 4.79 Å². The number of ether oxygens (including phenoxy) is 1. The van der Waals surface area contributed by atoms with Gasteiger partial charge in [0.05, 0.1) is 7.11 Å². The average Bonchev–Trinajstić information content (AvgIpc) is 2.37. The Balaban J connectivity index is 2.72. The van der Waals surface area contributed by atoms with Crippen molar-refractivity contribution >= 4 is 18.2 Å². The molecule has 1 N–H and O–H groups in total. The number of aromatic nitrogens is 2. The van der Waals surface area contributed by atoms with E-state index >= 15 is 0 Å². The fourth-order valence-electron chi connectivity index (χ4n) is 0.677. The zero-order chi connectivity index (χ0) is 8.27. The number of hydrogen-bond acceptors (Lipinski definition) is 3. The summed E-state index contributed by atoms with van der Waals surface area (Å²) in [6.45, 7) is 0.166. The van der Waals surface area contributed by atoms with E-state index in [1.165, 1.54) is 7.11 Å². The number of esters is 1. The highest BCUT2D eigenvalue weighted by Crippen LogP contribution is 1.90. The van der Waals surface area contributed by atoms with Gasteiger partial charge in [-0.1, -0.05) is 0 Å². The highest BCUT2D eigenvalue weighted by Gasteiger charge is 2.00. The Hall–Kier alpha value is -1.10. The standard InChI is InChI=1S/C6H8N2O2S/c1-10-5(9)4-8-3-2-7-6(8)11/h2-3H,4H2,1H3,(H,7,11). The van der Waals surface area contributed by atoms with Gasteiger partial charge in [-0.05, 0) is 12.2 Å². The molecule has 11 heavy (non-hydrogen) atoms. The molecule has 1 heterocycles. The molecule has 60 valence electrons. The number of H-pyrrole nitrogens is 1. The van der Waals surface area contributed by atoms with Crippen molar-refractivity contribution in [2.24, 2.45) is 0 Å². The van der Waals surface area contributed by atoms with Gasteiger partial charge in [0.15, 0.2) is 4.77 Å². The molecule has 0 amide bonds. The van der Waals surface area contributed by atoms with Gasteiger partial charge in [0, 0.05) is 12.4 Å². The number of aromatic amines is 1. The molecule has 0 aliphatic rings. The van der Waals surface area contributed by atoms with Crippen molar-refractivity contribution in [3.63, 3.8) is 0 Å². The number of rotatable bonds is 2. The topological polar surface area (TPSA) is 47.0 Å². The second-order valence-corrected chi connectivity index (χ2v) is 2.36. The summed E-state index contributed by atoms with van der Waals surface area (Å²) >= 11 is 4.85. The maximum atomic E-state index is 10.7. The molecule has 5 heteroatoms. The maximum absolute atomic E-state index is 10.7. The summed E-state index contributed by atoms with van der Waals surface area (Å²) in [7, 11) is 1.35. The Kier molecular flexibility index (Phi) is 2.43. The van der Waals surface area contributed by atoms with Crippen LogP contribution in [0.2, 0.25) is 0 Å². The summed E-state index contributed by atoms with van der Waals surface area (Å²) in [5.74, 6) is -0.305. The van der Waals surface area contributed by atoms with E-state index in [2.05, 4.69) is 9.72 Å². The minimum atomic E-state index is -0.305. The molecule has 0 bridgehead atoms. The molecule has 0 fully saturated rings. The van der Waals surface area contributed by atoms with Crippen LogP contribution in [-0.4, -0.2) is 22.6 Å². The predicted octanol–water partition coefficient (Wildman–Crippen LogP) is 0.719. The van der Waals surface area contributed by atoms with Crippen LogP contribution in [0.5, 0.6) is 0 Å². The second-order valence-electron chi connectivity index (χ2n) is 1.97. The average molecular weight is 172 g/mol. The fraction of sp³-hybridized carbons (Fsp3) is 0.333. The fourth-order valence-corrected chi connectivity index (χ4v) is 0.871. The number of imidazole rings is 1. The van der Waals surface area contributed by atoms with Gasteiger partial charge in [0.1, 0.15) is 6.54 Å². The number of nitrogens with one attached hydrogen (secondary N) is 1. The lowest BCUT2D eigenvalue weighted by molar-refractivity contribution is -0.141. The third kappa shape index (κ3) is 1.91. The lowest BCUT2D eigenvalue weighted by Gasteiger charge is -1.98. The second kappa shape index (κ2) is 3.34. The molecule has 4 nitrogen and oxygen atoms in total. The van der Waals surface area contributed by atoms with Crippen LogP contribution in [0.15, 0.2) is 12.4 Å². The highest BCUT2D eigenvalue weighted by molar-refractivity contribution is 7.71. The molecule has 0 atom stereocenters. The molecular formula is C6H8N2O2S. The van der Waals surface area contributed by atoms with Crippen molar-refractivity contribution in [3.05, 3.63) is 17.2 Å². The van der Waals surface area contributed by atoms with E-state index in [4.69, 9.17) is 12.2 Å². The zero-order valence-corrected chi connectivity index (χ0v) is 6.85. The van der Waals surface area contributed by atoms with Gasteiger partial charge in [0.2, 0.25) is 0 Å². The number of carbonyl (C=O) groups is 1. The normalized spacial score (nSPS) is 9.55. The first kappa shape index (κ1) is 8.00. The van der Waals surface area contributed by atoms with Crippen LogP contribution in [0.3, 0.4) is 0 Å². The zero-order valence-electron chi connectivity index (χ0n) is 6.03. The maximum Gasteiger partial charge on any atom is 0.325 e. The SMILES string of the molecule is COC(=O)Cn1cc[nH]c1=S. The van der Waals surface area contributed by atoms with Gasteiger partial charge in [0.25, 0.3) is 0 Å². The molecule has 1 aromatic heterocycles. The smallest absolute Gasteiger partial charge is 0.325 e. The molecule has 0 aliphatic carbocycles. The first-order chi connectivity index (χ1) is 5.24. The van der Waals surface area contributed by atoms with E-state index in [1.807, 2.05) is 0 Å². The highest BCUT2D eigenvalue weighted by atomic mass is 32.1. The van der Waals surface area contributed by atoms with Crippen molar-refractivity contribution in [2.75, 3.05) is 7.11 Å². The summed E-state index contributed by atoms with van der Waals surface area (Å²) in [5.41, 5.74) is 0. The van der Waals surface area contributed by atoms with Crippen molar-refractivity contribution in [1.29, 1.82) is 0 Å². The Bertz CT molecular complexity index is 302. The Labute approximate surface area is 68.8 Å². The minimum absolute atomic E-state index is 0.166. The summed E-state index contributed by atoms with van der Waals surface area (Å²) in [5, 5.41) is 0. The van der Waals surface area contributed by atoms with Crippen LogP contribution >= 0.6 is 12.2 Å². The Morgan fingerprint density at radius 2 is 2.64 bits per heavy atom. The summed E-state index contributed by atoms with van der Waals surface area (Å²) in [6, 6.07) is 0. The lowest BCUT2D eigenvalue weighted by atomic mass is 10.6. The van der Waals surface area contributed by atoms with Crippen LogP contribution in [0, 0.1) is 4.77 Å². The molecular weight excluding hydrogens is 164 g/mol. The van der Waals surface area contributed by atoms with Gasteiger partial charge >= 0.3 is 5.97 Å². The van der Waals surface area contributed by atoms with Gasteiger partial charge in [-0.25, -0.2) is 0 Å². The van der Waals surface area contributed by atoms with Crippen molar-refractivity contribution < 1.29 is 9.53 Å². The molecule has 1 rings (SSSR count). The molecule has 1 aromatic rings. The van der Waals surface area contributed by atoms with Gasteiger partial charge in [-0.15, -0.1) is 0 Å². The molecule has 0 saturated carbocycles. The number of hydrogen-bond donors (Lipinski definition) is 1. The van der Waals surface area contributed by atoms with E-state index in [0.29, 0.717) is 4.77 Å². The van der Waals surface area contributed by atoms with Crippen molar-refractivity contribution in [3.8, 4) is 0 Å². The van der Waals surface area contributed by atoms with E-state index in [0.717, 1.165) is 0 Å². The first-order valence-corrected chi connectivity index (χ1v) is 3.45. The Morgan fingerprint density at radius 3 is 3.09 bits per heavy atom. The van der Waals surface area contributed by atoms with Crippen LogP contribution in [0.25, 0.3) is 0 Å². The van der Waals surface area contributed by atoms with Crippen LogP contribution in [-0.2, 0) is 16.1 Å². The third-order valence-electron chi connectivity index (χ3n) is 1.25. The first-order valence-electron chi connectivity index (χ1n) is 3.04. The lowest BCUT2D eigenvalue weighted by Crippen LogP contribution is -2.10. The summed E-state index contributed by atoms with van der Waals surface area (Å²) in [6.07, 6.45) is 3.37. The molecule has 0 unspecified atom stereocenters. The quantitative estimate of drug-likeness (QED) is 0.528. The minimum Gasteiger partial charge on any atom is -0.468 e. The number of carbonyl (C=O) groups excluding carboxylic acids is 1. The van der Waals surface area contributed by atoms with E-state index < -0.39 is 0 Å². The van der Waals surface area contributed by atoms with Gasteiger partial charge < -0.3 is 14.3 Å². The molecule has 0 aromatic carbocycles. The van der Waals surface area contributed by atoms with Crippen LogP contribution in [0.1, 0.15) is 0 Å². The third-order valence-corrected chi connectivity index (χ3v) is 1.60. The molecule has 0 saturated heterocycles. The summed E-state index contributed by atoms with van der Waals surface area (Å²) < 4.78 is 6.58. The summed E-state index contributed by atoms with van der Waals surface area (Å²) in [4.78, 5) is 13.5. The van der Waals surface area contributed by atoms with E-state index in [1.54, 1.807) is 17.0 Å². The molecule has 0 radical (unpaired) electrons. The predicted molar refractivity (Wildman–Crippen MR) is 41.6 cm³/mol.